The number of para-hydroxylation sites is 5. The molecule has 0 amide bonds. The summed E-state index contributed by atoms with van der Waals surface area (Å²) in [4.78, 5) is 24.6. The lowest BCUT2D eigenvalue weighted by Gasteiger charge is -2.11. The number of hydrogen-bond donors (Lipinski definition) is 0. The molecule has 0 saturated carbocycles. The number of hydrogen-bond acceptors (Lipinski definition) is 7. The molecule has 9 aromatic carbocycles. The monoisotopic (exact) mass is 808 g/mol. The van der Waals surface area contributed by atoms with Crippen LogP contribution in [0.3, 0.4) is 0 Å². The molecule has 0 N–H and O–H groups in total. The molecule has 0 bridgehead atoms. The van der Waals surface area contributed by atoms with E-state index in [0.29, 0.717) is 29.3 Å². The van der Waals surface area contributed by atoms with E-state index < -0.39 is 0 Å². The fourth-order valence-corrected chi connectivity index (χ4v) is 8.81. The number of rotatable bonds is 6. The van der Waals surface area contributed by atoms with E-state index in [1.54, 1.807) is 0 Å². The van der Waals surface area contributed by atoms with Crippen LogP contribution in [0.4, 0.5) is 0 Å². The van der Waals surface area contributed by atoms with Gasteiger partial charge in [-0.3, -0.25) is 0 Å². The van der Waals surface area contributed by atoms with Gasteiger partial charge < -0.3 is 13.4 Å². The van der Waals surface area contributed by atoms with Gasteiger partial charge >= 0.3 is 0 Å². The molecule has 8 heteroatoms. The first-order valence-electron chi connectivity index (χ1n) is 20.8. The van der Waals surface area contributed by atoms with Gasteiger partial charge in [-0.2, -0.15) is 0 Å². The molecular weight excluding hydrogens is 777 g/mol. The predicted molar refractivity (Wildman–Crippen MR) is 251 cm³/mol. The molecule has 4 aromatic heterocycles. The van der Waals surface area contributed by atoms with Crippen molar-refractivity contribution < 1.29 is 8.83 Å². The highest BCUT2D eigenvalue weighted by molar-refractivity contribution is 6.21. The number of benzene rings is 9. The van der Waals surface area contributed by atoms with Crippen molar-refractivity contribution >= 4 is 65.6 Å². The van der Waals surface area contributed by atoms with E-state index in [9.17, 15) is 0 Å². The van der Waals surface area contributed by atoms with Gasteiger partial charge in [0.05, 0.1) is 11.0 Å². The van der Waals surface area contributed by atoms with Gasteiger partial charge in [0, 0.05) is 44.3 Å². The van der Waals surface area contributed by atoms with Gasteiger partial charge in [0.2, 0.25) is 11.8 Å². The molecule has 0 aliphatic rings. The van der Waals surface area contributed by atoms with Crippen molar-refractivity contribution in [2.45, 2.75) is 0 Å². The molecule has 4 heterocycles. The molecule has 0 aliphatic heterocycles. The highest BCUT2D eigenvalue weighted by Crippen LogP contribution is 2.38. The zero-order valence-electron chi connectivity index (χ0n) is 33.5. The molecule has 294 valence electrons. The third-order valence-electron chi connectivity index (χ3n) is 11.9. The minimum absolute atomic E-state index is 0.552. The van der Waals surface area contributed by atoms with Gasteiger partial charge in [0.1, 0.15) is 11.0 Å². The van der Waals surface area contributed by atoms with E-state index in [4.69, 9.17) is 33.8 Å². The quantitative estimate of drug-likeness (QED) is 0.165. The van der Waals surface area contributed by atoms with Crippen molar-refractivity contribution in [1.82, 2.24) is 29.5 Å². The van der Waals surface area contributed by atoms with Crippen molar-refractivity contribution in [3.63, 3.8) is 0 Å². The van der Waals surface area contributed by atoms with E-state index >= 15 is 0 Å². The SMILES string of the molecule is c1ccc2c(c1)ccc1c2c2ccccc2n1-c1ccc2cc(-c3nc(-c4ccc(-c5nc6ccccc6o5)cc4)nc(-c4ccc(-c5nc6ccccc6o5)cc4)n3)ccc2c1. The molecule has 0 atom stereocenters. The second-order valence-electron chi connectivity index (χ2n) is 15.7. The summed E-state index contributed by atoms with van der Waals surface area (Å²) in [6.45, 7) is 0. The Morgan fingerprint density at radius 3 is 1.48 bits per heavy atom. The van der Waals surface area contributed by atoms with Crippen molar-refractivity contribution in [3.8, 4) is 62.8 Å². The number of nitrogens with zero attached hydrogens (tertiary/aromatic N) is 6. The van der Waals surface area contributed by atoms with Crippen LogP contribution in [-0.2, 0) is 0 Å². The van der Waals surface area contributed by atoms with Crippen LogP contribution in [0.1, 0.15) is 0 Å². The van der Waals surface area contributed by atoms with Crippen LogP contribution in [0.15, 0.2) is 203 Å². The van der Waals surface area contributed by atoms with Gasteiger partial charge in [-0.25, -0.2) is 24.9 Å². The van der Waals surface area contributed by atoms with Gasteiger partial charge in [-0.1, -0.05) is 115 Å². The number of oxazole rings is 2. The molecule has 0 fully saturated rings. The second kappa shape index (κ2) is 13.9. The maximum Gasteiger partial charge on any atom is 0.227 e. The zero-order chi connectivity index (χ0) is 41.4. The van der Waals surface area contributed by atoms with Crippen LogP contribution in [0.5, 0.6) is 0 Å². The molecule has 13 rings (SSSR count). The van der Waals surface area contributed by atoms with Crippen molar-refractivity contribution in [1.29, 1.82) is 0 Å². The molecule has 0 saturated heterocycles. The van der Waals surface area contributed by atoms with Crippen LogP contribution in [-0.4, -0.2) is 29.5 Å². The summed E-state index contributed by atoms with van der Waals surface area (Å²) in [7, 11) is 0. The van der Waals surface area contributed by atoms with E-state index in [0.717, 1.165) is 66.5 Å². The molecule has 0 spiro atoms. The summed E-state index contributed by atoms with van der Waals surface area (Å²) in [5, 5.41) is 7.19. The van der Waals surface area contributed by atoms with Crippen LogP contribution < -0.4 is 0 Å². The maximum absolute atomic E-state index is 6.06. The fourth-order valence-electron chi connectivity index (χ4n) is 8.81. The minimum atomic E-state index is 0.552. The molecule has 0 unspecified atom stereocenters. The Kier molecular flexibility index (Phi) is 7.74. The highest BCUT2D eigenvalue weighted by atomic mass is 16.4. The first-order chi connectivity index (χ1) is 31.2. The van der Waals surface area contributed by atoms with E-state index in [-0.39, 0.29) is 0 Å². The molecule has 13 aromatic rings. The topological polar surface area (TPSA) is 95.7 Å². The summed E-state index contributed by atoms with van der Waals surface area (Å²) in [5.41, 5.74) is 10.9. The normalized spacial score (nSPS) is 11.8. The Balaban J connectivity index is 0.904. The number of fused-ring (bicyclic) bond motifs is 8. The average molecular weight is 809 g/mol. The van der Waals surface area contributed by atoms with E-state index in [1.807, 2.05) is 97.1 Å². The third kappa shape index (κ3) is 5.88. The lowest BCUT2D eigenvalue weighted by molar-refractivity contribution is 0.619. The summed E-state index contributed by atoms with van der Waals surface area (Å²) < 4.78 is 14.5. The Morgan fingerprint density at radius 1 is 0.333 bits per heavy atom. The van der Waals surface area contributed by atoms with Gasteiger partial charge in [-0.15, -0.1) is 0 Å². The summed E-state index contributed by atoms with van der Waals surface area (Å²) in [5.74, 6) is 2.80. The third-order valence-corrected chi connectivity index (χ3v) is 11.9. The van der Waals surface area contributed by atoms with Crippen molar-refractivity contribution in [3.05, 3.63) is 194 Å². The van der Waals surface area contributed by atoms with Gasteiger partial charge in [0.15, 0.2) is 28.6 Å². The predicted octanol–water partition coefficient (Wildman–Crippen LogP) is 13.9. The first kappa shape index (κ1) is 35.0. The molecule has 63 heavy (non-hydrogen) atoms. The van der Waals surface area contributed by atoms with E-state index in [1.165, 1.54) is 32.6 Å². The molecule has 0 radical (unpaired) electrons. The second-order valence-corrected chi connectivity index (χ2v) is 15.7. The van der Waals surface area contributed by atoms with Gasteiger partial charge in [0.25, 0.3) is 0 Å². The van der Waals surface area contributed by atoms with Gasteiger partial charge in [-0.05, 0) is 100 Å². The zero-order valence-corrected chi connectivity index (χ0v) is 33.5. The summed E-state index contributed by atoms with van der Waals surface area (Å²) in [6.07, 6.45) is 0. The smallest absolute Gasteiger partial charge is 0.227 e. The van der Waals surface area contributed by atoms with Crippen LogP contribution in [0, 0.1) is 0 Å². The molecule has 8 nitrogen and oxygen atoms in total. The molecule has 0 aliphatic carbocycles. The van der Waals surface area contributed by atoms with Crippen molar-refractivity contribution in [2.75, 3.05) is 0 Å². The lowest BCUT2D eigenvalue weighted by atomic mass is 10.0. The Hall–Kier alpha value is -8.75. The average Bonchev–Trinajstić information content (AvgIpc) is 4.08. The maximum atomic E-state index is 6.06. The summed E-state index contributed by atoms with van der Waals surface area (Å²) >= 11 is 0. The van der Waals surface area contributed by atoms with Crippen LogP contribution in [0.25, 0.3) is 128 Å². The molecular formula is C55H32N6O2. The Morgan fingerprint density at radius 2 is 0.825 bits per heavy atom. The Bertz CT molecular complexity index is 3720. The summed E-state index contributed by atoms with van der Waals surface area (Å²) in [6, 6.07) is 66.4. The fraction of sp³-hybridized carbons (Fsp3) is 0. The van der Waals surface area contributed by atoms with Crippen LogP contribution >= 0.6 is 0 Å². The highest BCUT2D eigenvalue weighted by Gasteiger charge is 2.18. The van der Waals surface area contributed by atoms with Crippen LogP contribution in [0.2, 0.25) is 0 Å². The standard InChI is InChI=1S/C55H32N6O2/c1-2-10-42-33(9-1)28-30-47-50(42)43-11-3-6-14-46(43)61(47)41-29-27-38-31-40(26-25-39(38)32-41)53-59-51(34-17-21-36(22-18-34)54-56-44-12-4-7-15-48(44)62-54)58-52(60-53)35-19-23-37(24-20-35)55-57-45-13-5-8-16-49(45)63-55/h1-32H. The largest absolute Gasteiger partial charge is 0.436 e. The number of aromatic nitrogens is 6. The van der Waals surface area contributed by atoms with Crippen molar-refractivity contribution in [2.24, 2.45) is 0 Å². The Labute approximate surface area is 359 Å². The minimum Gasteiger partial charge on any atom is -0.436 e. The first-order valence-corrected chi connectivity index (χ1v) is 20.8. The lowest BCUT2D eigenvalue weighted by Crippen LogP contribution is -2.00. The van der Waals surface area contributed by atoms with E-state index in [2.05, 4.69) is 102 Å².